The number of aliphatic carboxylic acids is 1. The minimum Gasteiger partial charge on any atom is -0.478 e. The van der Waals surface area contributed by atoms with Crippen LogP contribution in [0, 0.1) is 0 Å². The smallest absolute Gasteiger partial charge is 0.328 e. The number of carbonyl (C=O) groups excluding carboxylic acids is 1. The Morgan fingerprint density at radius 1 is 1.25 bits per heavy atom. The second kappa shape index (κ2) is 5.68. The van der Waals surface area contributed by atoms with Gasteiger partial charge in [0.05, 0.1) is 2.74 Å². The summed E-state index contributed by atoms with van der Waals surface area (Å²) in [6.45, 7) is 0. The van der Waals surface area contributed by atoms with E-state index in [2.05, 4.69) is 0 Å². The van der Waals surface area contributed by atoms with Gasteiger partial charge in [0.15, 0.2) is 5.78 Å². The Hall–Kier alpha value is -1.32. The topological polar surface area (TPSA) is 54.4 Å². The Labute approximate surface area is 105 Å². The third kappa shape index (κ3) is 4.47. The Kier molecular flexibility index (Phi) is 3.50. The maximum Gasteiger partial charge on any atom is 0.328 e. The summed E-state index contributed by atoms with van der Waals surface area (Å²) in [7, 11) is 0. The molecule has 1 aromatic carbocycles. The van der Waals surface area contributed by atoms with Gasteiger partial charge in [-0.3, -0.25) is 4.79 Å². The molecule has 1 aromatic rings. The van der Waals surface area contributed by atoms with Crippen molar-refractivity contribution < 1.29 is 17.4 Å². The number of ketones is 1. The summed E-state index contributed by atoms with van der Waals surface area (Å²) in [5.41, 5.74) is 0.459. The first-order valence-corrected chi connectivity index (χ1v) is 4.95. The first-order valence-electron chi connectivity index (χ1n) is 5.20. The van der Waals surface area contributed by atoms with Crippen molar-refractivity contribution in [2.24, 2.45) is 0 Å². The Morgan fingerprint density at radius 2 is 1.81 bits per heavy atom. The monoisotopic (exact) mass is 260 g/mol. The maximum atomic E-state index is 11.6. The zero-order valence-electron chi connectivity index (χ0n) is 9.96. The van der Waals surface area contributed by atoms with Crippen molar-refractivity contribution in [3.8, 4) is 0 Å². The van der Waals surface area contributed by atoms with Crippen LogP contribution in [-0.2, 0) is 16.0 Å². The van der Waals surface area contributed by atoms with Gasteiger partial charge >= 0.3 is 5.97 Å². The van der Waals surface area contributed by atoms with E-state index in [1.165, 1.54) is 18.2 Å². The molecule has 0 fully saturated rings. The van der Waals surface area contributed by atoms with Gasteiger partial charge in [0, 0.05) is 22.5 Å². The van der Waals surface area contributed by atoms with Gasteiger partial charge in [-0.25, -0.2) is 4.79 Å². The Bertz CT molecular complexity index is 521. The lowest BCUT2D eigenvalue weighted by Crippen LogP contribution is -2.00. The van der Waals surface area contributed by atoms with Crippen molar-refractivity contribution in [2.75, 3.05) is 0 Å². The van der Waals surface area contributed by atoms with E-state index in [9.17, 15) is 9.59 Å². The van der Waals surface area contributed by atoms with E-state index < -0.39 is 23.9 Å². The predicted octanol–water partition coefficient (Wildman–Crippen LogP) is 2.75. The van der Waals surface area contributed by atoms with E-state index in [4.69, 9.17) is 31.0 Å². The molecule has 0 amide bonds. The van der Waals surface area contributed by atoms with E-state index in [0.29, 0.717) is 15.6 Å². The van der Waals surface area contributed by atoms with Crippen molar-refractivity contribution in [1.29, 1.82) is 0 Å². The van der Waals surface area contributed by atoms with Crippen LogP contribution in [0.15, 0.2) is 30.3 Å². The molecule has 0 bridgehead atoms. The van der Waals surface area contributed by atoms with Crippen LogP contribution < -0.4 is 0 Å². The van der Waals surface area contributed by atoms with Gasteiger partial charge in [-0.15, -0.1) is 0 Å². The van der Waals surface area contributed by atoms with Crippen molar-refractivity contribution in [1.82, 2.24) is 0 Å². The number of hydrogen-bond donors (Lipinski definition) is 1. The minimum absolute atomic E-state index is 0.227. The van der Waals surface area contributed by atoms with Crippen LogP contribution in [0.2, 0.25) is 10.0 Å². The van der Waals surface area contributed by atoms with E-state index in [0.717, 1.165) is 0 Å². The molecule has 0 aliphatic carbocycles. The zero-order chi connectivity index (χ0) is 13.9. The molecule has 0 heterocycles. The highest BCUT2D eigenvalue weighted by molar-refractivity contribution is 6.34. The zero-order valence-corrected chi connectivity index (χ0v) is 9.47. The Balaban J connectivity index is 2.95. The molecule has 0 aliphatic rings. The molecule has 0 aliphatic heterocycles. The van der Waals surface area contributed by atoms with Gasteiger partial charge in [0.1, 0.15) is 0 Å². The average molecular weight is 261 g/mol. The van der Waals surface area contributed by atoms with Crippen LogP contribution in [0.1, 0.15) is 8.30 Å². The van der Waals surface area contributed by atoms with E-state index in [-0.39, 0.29) is 6.42 Å². The van der Waals surface area contributed by atoms with Crippen molar-refractivity contribution in [3.05, 3.63) is 45.9 Å². The quantitative estimate of drug-likeness (QED) is 0.848. The number of carboxylic acids is 1. The fourth-order valence-corrected chi connectivity index (χ4v) is 1.64. The van der Waals surface area contributed by atoms with Gasteiger partial charge < -0.3 is 5.11 Å². The highest BCUT2D eigenvalue weighted by Gasteiger charge is 2.03. The molecule has 1 N–H and O–H groups in total. The fourth-order valence-electron chi connectivity index (χ4n) is 1.07. The summed E-state index contributed by atoms with van der Waals surface area (Å²) in [5, 5.41) is 9.17. The van der Waals surface area contributed by atoms with Gasteiger partial charge in [-0.2, -0.15) is 0 Å². The largest absolute Gasteiger partial charge is 0.478 e. The normalized spacial score (nSPS) is 13.6. The number of carbonyl (C=O) groups is 2. The summed E-state index contributed by atoms with van der Waals surface area (Å²) in [6, 6.07) is 2.58. The van der Waals surface area contributed by atoms with Crippen molar-refractivity contribution in [2.45, 2.75) is 6.42 Å². The molecule has 0 saturated heterocycles. The van der Waals surface area contributed by atoms with Gasteiger partial charge in [0.25, 0.3) is 0 Å². The molecule has 5 heteroatoms. The second-order valence-electron chi connectivity index (χ2n) is 2.93. The molecule has 16 heavy (non-hydrogen) atoms. The molecule has 3 nitrogen and oxygen atoms in total. The van der Waals surface area contributed by atoms with E-state index >= 15 is 0 Å². The maximum absolute atomic E-state index is 11.6. The van der Waals surface area contributed by atoms with Crippen molar-refractivity contribution in [3.63, 3.8) is 0 Å². The Morgan fingerprint density at radius 3 is 2.31 bits per heavy atom. The summed E-state index contributed by atoms with van der Waals surface area (Å²) in [5.74, 6) is -2.39. The lowest BCUT2D eigenvalue weighted by atomic mass is 10.1. The SMILES string of the molecule is [2H]/C(C(=O)O)=C(/[2H])C(=O)Cc1cc(Cl)cc(Cl)c1. The van der Waals surface area contributed by atoms with Crippen LogP contribution in [-0.4, -0.2) is 16.9 Å². The molecule has 0 aromatic heterocycles. The number of allylic oxidation sites excluding steroid dienone is 1. The van der Waals surface area contributed by atoms with Crippen LogP contribution in [0.4, 0.5) is 0 Å². The number of rotatable bonds is 4. The molecule has 1 rings (SSSR count). The summed E-state index contributed by atoms with van der Waals surface area (Å²) in [4.78, 5) is 22.0. The van der Waals surface area contributed by atoms with E-state index in [1.54, 1.807) is 0 Å². The minimum atomic E-state index is -1.61. The average Bonchev–Trinajstić information content (AvgIpc) is 2.25. The van der Waals surface area contributed by atoms with Crippen LogP contribution >= 0.6 is 23.2 Å². The van der Waals surface area contributed by atoms with Gasteiger partial charge in [0.2, 0.25) is 0 Å². The predicted molar refractivity (Wildman–Crippen MR) is 61.9 cm³/mol. The molecule has 0 spiro atoms. The molecule has 0 saturated carbocycles. The van der Waals surface area contributed by atoms with Crippen LogP contribution in [0.3, 0.4) is 0 Å². The third-order valence-corrected chi connectivity index (χ3v) is 2.03. The molecule has 84 valence electrons. The van der Waals surface area contributed by atoms with E-state index in [1.807, 2.05) is 0 Å². The molecule has 0 atom stereocenters. The second-order valence-corrected chi connectivity index (χ2v) is 3.81. The summed E-state index contributed by atoms with van der Waals surface area (Å²) in [6.07, 6.45) is -0.227. The number of benzene rings is 1. The molecular formula is C11H8Cl2O3. The standard InChI is InChI=1S/C11H8Cl2O3/c12-8-3-7(4-9(13)6-8)5-10(14)1-2-11(15)16/h1-4,6H,5H2,(H,15,16)/b2-1+/i1D,2D. The molecular weight excluding hydrogens is 251 g/mol. The number of carboxylic acid groups (broad SMARTS) is 1. The van der Waals surface area contributed by atoms with Gasteiger partial charge in [-0.05, 0) is 29.8 Å². The summed E-state index contributed by atoms with van der Waals surface area (Å²) >= 11 is 11.5. The molecule has 0 radical (unpaired) electrons. The fraction of sp³-hybridized carbons (Fsp3) is 0.0909. The van der Waals surface area contributed by atoms with Crippen molar-refractivity contribution >= 4 is 35.0 Å². The van der Waals surface area contributed by atoms with Crippen LogP contribution in [0.5, 0.6) is 0 Å². The lowest BCUT2D eigenvalue weighted by Gasteiger charge is -2.00. The lowest BCUT2D eigenvalue weighted by molar-refractivity contribution is -0.131. The molecule has 0 unspecified atom stereocenters. The first-order chi connectivity index (χ1) is 8.31. The number of halogens is 2. The summed E-state index contributed by atoms with van der Waals surface area (Å²) < 4.78 is 14.3. The highest BCUT2D eigenvalue weighted by Crippen LogP contribution is 2.19. The highest BCUT2D eigenvalue weighted by atomic mass is 35.5. The third-order valence-electron chi connectivity index (χ3n) is 1.60. The van der Waals surface area contributed by atoms with Crippen LogP contribution in [0.25, 0.3) is 0 Å². The van der Waals surface area contributed by atoms with Gasteiger partial charge in [-0.1, -0.05) is 23.2 Å². The number of hydrogen-bond acceptors (Lipinski definition) is 2. The first kappa shape index (κ1) is 9.87.